The zero-order valence-corrected chi connectivity index (χ0v) is 16.4. The van der Waals surface area contributed by atoms with E-state index in [2.05, 4.69) is 0 Å². The molecule has 1 atom stereocenters. The van der Waals surface area contributed by atoms with E-state index in [0.29, 0.717) is 24.6 Å². The van der Waals surface area contributed by atoms with Crippen LogP contribution in [0.3, 0.4) is 0 Å². The molecule has 1 heterocycles. The third-order valence-electron chi connectivity index (χ3n) is 4.90. The van der Waals surface area contributed by atoms with Gasteiger partial charge in [0.05, 0.1) is 20.1 Å². The molecule has 0 radical (unpaired) electrons. The maximum Gasteiger partial charge on any atom is 0.311 e. The first-order chi connectivity index (χ1) is 13.5. The Bertz CT molecular complexity index is 847. The van der Waals surface area contributed by atoms with Gasteiger partial charge in [0.1, 0.15) is 6.61 Å². The Kier molecular flexibility index (Phi) is 6.19. The van der Waals surface area contributed by atoms with Crippen LogP contribution >= 0.6 is 0 Å². The Morgan fingerprint density at radius 1 is 1.11 bits per heavy atom. The maximum absolute atomic E-state index is 12.5. The monoisotopic (exact) mass is 383 g/mol. The van der Waals surface area contributed by atoms with Gasteiger partial charge in [0.2, 0.25) is 5.91 Å². The summed E-state index contributed by atoms with van der Waals surface area (Å²) in [5.41, 5.74) is 2.94. The molecule has 0 aliphatic carbocycles. The average molecular weight is 383 g/mol. The third kappa shape index (κ3) is 4.44. The van der Waals surface area contributed by atoms with E-state index >= 15 is 0 Å². The van der Waals surface area contributed by atoms with Crippen LogP contribution in [-0.2, 0) is 27.5 Å². The van der Waals surface area contributed by atoms with Crippen molar-refractivity contribution in [3.63, 3.8) is 0 Å². The Morgan fingerprint density at radius 3 is 2.54 bits per heavy atom. The fourth-order valence-electron chi connectivity index (χ4n) is 3.33. The normalized spacial score (nSPS) is 16.2. The van der Waals surface area contributed by atoms with E-state index in [4.69, 9.17) is 14.2 Å². The molecule has 1 amide bonds. The SMILES string of the molecule is COc1cccc(COC(=O)[C@@H]2CC(=O)N(Cc3ccc(C)cc3)C2)c1OC. The van der Waals surface area contributed by atoms with Crippen molar-refractivity contribution in [3.05, 3.63) is 59.2 Å². The second-order valence-electron chi connectivity index (χ2n) is 6.92. The van der Waals surface area contributed by atoms with Crippen LogP contribution in [-0.4, -0.2) is 37.5 Å². The number of aryl methyl sites for hydroxylation is 1. The molecule has 0 bridgehead atoms. The van der Waals surface area contributed by atoms with Crippen LogP contribution in [0, 0.1) is 12.8 Å². The predicted molar refractivity (Wildman–Crippen MR) is 104 cm³/mol. The topological polar surface area (TPSA) is 65.1 Å². The van der Waals surface area contributed by atoms with Crippen molar-refractivity contribution in [1.29, 1.82) is 0 Å². The minimum atomic E-state index is -0.449. The minimum absolute atomic E-state index is 0.0264. The Hall–Kier alpha value is -3.02. The van der Waals surface area contributed by atoms with E-state index in [-0.39, 0.29) is 24.9 Å². The number of nitrogens with zero attached hydrogens (tertiary/aromatic N) is 1. The molecular formula is C22H25NO5. The van der Waals surface area contributed by atoms with E-state index in [0.717, 1.165) is 11.1 Å². The summed E-state index contributed by atoms with van der Waals surface area (Å²) in [4.78, 5) is 26.5. The first kappa shape index (κ1) is 19.7. The van der Waals surface area contributed by atoms with Gasteiger partial charge < -0.3 is 19.1 Å². The molecule has 0 saturated carbocycles. The van der Waals surface area contributed by atoms with Crippen LogP contribution in [0.2, 0.25) is 0 Å². The number of rotatable bonds is 7. The zero-order valence-electron chi connectivity index (χ0n) is 16.4. The number of likely N-dealkylation sites (tertiary alicyclic amines) is 1. The highest BCUT2D eigenvalue weighted by atomic mass is 16.5. The summed E-state index contributed by atoms with van der Waals surface area (Å²) < 4.78 is 16.1. The van der Waals surface area contributed by atoms with Gasteiger partial charge in [-0.2, -0.15) is 0 Å². The lowest BCUT2D eigenvalue weighted by atomic mass is 10.1. The number of carbonyl (C=O) groups excluding carboxylic acids is 2. The smallest absolute Gasteiger partial charge is 0.311 e. The molecule has 6 heteroatoms. The van der Waals surface area contributed by atoms with E-state index in [1.807, 2.05) is 43.3 Å². The number of methoxy groups -OCH3 is 2. The third-order valence-corrected chi connectivity index (χ3v) is 4.90. The van der Waals surface area contributed by atoms with Gasteiger partial charge in [-0.15, -0.1) is 0 Å². The summed E-state index contributed by atoms with van der Waals surface area (Å²) in [6, 6.07) is 13.5. The quantitative estimate of drug-likeness (QED) is 0.688. The summed E-state index contributed by atoms with van der Waals surface area (Å²) >= 11 is 0. The first-order valence-corrected chi connectivity index (χ1v) is 9.21. The fourth-order valence-corrected chi connectivity index (χ4v) is 3.33. The van der Waals surface area contributed by atoms with Crippen molar-refractivity contribution < 1.29 is 23.8 Å². The molecule has 28 heavy (non-hydrogen) atoms. The zero-order chi connectivity index (χ0) is 20.1. The number of benzene rings is 2. The van der Waals surface area contributed by atoms with Crippen molar-refractivity contribution in [3.8, 4) is 11.5 Å². The van der Waals surface area contributed by atoms with Crippen molar-refractivity contribution in [1.82, 2.24) is 4.90 Å². The lowest BCUT2D eigenvalue weighted by Crippen LogP contribution is -2.26. The highest BCUT2D eigenvalue weighted by Gasteiger charge is 2.35. The molecule has 6 nitrogen and oxygen atoms in total. The van der Waals surface area contributed by atoms with Crippen LogP contribution in [0.4, 0.5) is 0 Å². The molecule has 2 aromatic rings. The molecule has 1 fully saturated rings. The number of carbonyl (C=O) groups is 2. The van der Waals surface area contributed by atoms with E-state index in [1.165, 1.54) is 5.56 Å². The lowest BCUT2D eigenvalue weighted by Gasteiger charge is -2.17. The van der Waals surface area contributed by atoms with E-state index in [9.17, 15) is 9.59 Å². The fraction of sp³-hybridized carbons (Fsp3) is 0.364. The van der Waals surface area contributed by atoms with Crippen molar-refractivity contribution in [2.24, 2.45) is 5.92 Å². The number of amides is 1. The number of ether oxygens (including phenoxy) is 3. The number of hydrogen-bond acceptors (Lipinski definition) is 5. The van der Waals surface area contributed by atoms with Gasteiger partial charge in [-0.25, -0.2) is 0 Å². The first-order valence-electron chi connectivity index (χ1n) is 9.21. The van der Waals surface area contributed by atoms with Crippen LogP contribution in [0.15, 0.2) is 42.5 Å². The molecule has 148 valence electrons. The average Bonchev–Trinajstić information content (AvgIpc) is 3.07. The second kappa shape index (κ2) is 8.78. The van der Waals surface area contributed by atoms with Gasteiger partial charge in [0.25, 0.3) is 0 Å². The molecule has 0 aromatic heterocycles. The molecule has 0 unspecified atom stereocenters. The van der Waals surface area contributed by atoms with E-state index < -0.39 is 5.92 Å². The molecular weight excluding hydrogens is 358 g/mol. The Morgan fingerprint density at radius 2 is 1.86 bits per heavy atom. The number of esters is 1. The van der Waals surface area contributed by atoms with Gasteiger partial charge >= 0.3 is 5.97 Å². The summed E-state index contributed by atoms with van der Waals surface area (Å²) in [5, 5.41) is 0. The predicted octanol–water partition coefficient (Wildman–Crippen LogP) is 3.10. The van der Waals surface area contributed by atoms with Gasteiger partial charge in [-0.1, -0.05) is 42.0 Å². The molecule has 0 N–H and O–H groups in total. The molecule has 1 saturated heterocycles. The highest BCUT2D eigenvalue weighted by molar-refractivity contribution is 5.86. The molecule has 0 spiro atoms. The van der Waals surface area contributed by atoms with Gasteiger partial charge in [0.15, 0.2) is 11.5 Å². The van der Waals surface area contributed by atoms with Crippen molar-refractivity contribution in [2.45, 2.75) is 26.5 Å². The van der Waals surface area contributed by atoms with E-state index in [1.54, 1.807) is 25.2 Å². The summed E-state index contributed by atoms with van der Waals surface area (Å²) in [6.07, 6.45) is 0.180. The lowest BCUT2D eigenvalue weighted by molar-refractivity contribution is -0.149. The van der Waals surface area contributed by atoms with Gasteiger partial charge in [-0.3, -0.25) is 9.59 Å². The Balaban J connectivity index is 1.58. The minimum Gasteiger partial charge on any atom is -0.493 e. The summed E-state index contributed by atoms with van der Waals surface area (Å²) in [5.74, 6) is 0.276. The second-order valence-corrected chi connectivity index (χ2v) is 6.92. The van der Waals surface area contributed by atoms with Crippen LogP contribution in [0.5, 0.6) is 11.5 Å². The van der Waals surface area contributed by atoms with Crippen molar-refractivity contribution >= 4 is 11.9 Å². The number of hydrogen-bond donors (Lipinski definition) is 0. The molecule has 2 aromatic carbocycles. The maximum atomic E-state index is 12.5. The van der Waals surface area contributed by atoms with Gasteiger partial charge in [-0.05, 0) is 18.6 Å². The molecule has 1 aliphatic rings. The summed E-state index contributed by atoms with van der Waals surface area (Å²) in [6.45, 7) is 2.98. The largest absolute Gasteiger partial charge is 0.493 e. The number of para-hydroxylation sites is 1. The molecule has 1 aliphatic heterocycles. The van der Waals surface area contributed by atoms with Crippen LogP contribution in [0.1, 0.15) is 23.1 Å². The van der Waals surface area contributed by atoms with Crippen LogP contribution < -0.4 is 9.47 Å². The van der Waals surface area contributed by atoms with Gasteiger partial charge in [0, 0.05) is 25.1 Å². The standard InChI is InChI=1S/C22H25NO5/c1-15-7-9-16(10-8-15)12-23-13-18(11-20(23)24)22(25)28-14-17-5-4-6-19(26-2)21(17)27-3/h4-10,18H,11-14H2,1-3H3/t18-/m1/s1. The Labute approximate surface area is 165 Å². The molecule has 3 rings (SSSR count). The van der Waals surface area contributed by atoms with Crippen LogP contribution in [0.25, 0.3) is 0 Å². The summed E-state index contributed by atoms with van der Waals surface area (Å²) in [7, 11) is 3.10. The highest BCUT2D eigenvalue weighted by Crippen LogP contribution is 2.31. The van der Waals surface area contributed by atoms with Crippen molar-refractivity contribution in [2.75, 3.05) is 20.8 Å².